The summed E-state index contributed by atoms with van der Waals surface area (Å²) in [6, 6.07) is 11.8. The topological polar surface area (TPSA) is 139 Å². The third-order valence-corrected chi connectivity index (χ3v) is 8.13. The normalized spacial score (nSPS) is 17.8. The van der Waals surface area contributed by atoms with Crippen LogP contribution in [0.15, 0.2) is 58.0 Å². The van der Waals surface area contributed by atoms with Gasteiger partial charge in [0.1, 0.15) is 11.6 Å². The molecule has 3 heterocycles. The van der Waals surface area contributed by atoms with E-state index >= 15 is 0 Å². The number of para-hydroxylation sites is 1. The van der Waals surface area contributed by atoms with E-state index in [1.807, 2.05) is 26.0 Å². The fraction of sp³-hybridized carbons (Fsp3) is 0.407. The SMILES string of the molecule is Cc1cccc(S(=O)(=O)N2CCC[C@@H](NC(=O)[C@@H](CC(C)C)NC(=O)c3cc4ccccc4o3)C(=O)C2)n1. The highest BCUT2D eigenvalue weighted by Crippen LogP contribution is 2.20. The third kappa shape index (κ3) is 6.28. The molecule has 1 aliphatic heterocycles. The Morgan fingerprint density at radius 1 is 1.16 bits per heavy atom. The number of nitrogens with one attached hydrogen (secondary N) is 2. The fourth-order valence-electron chi connectivity index (χ4n) is 4.45. The minimum Gasteiger partial charge on any atom is -0.451 e. The van der Waals surface area contributed by atoms with E-state index in [0.29, 0.717) is 24.1 Å². The molecule has 2 aromatic heterocycles. The van der Waals surface area contributed by atoms with Crippen molar-refractivity contribution < 1.29 is 27.2 Å². The molecule has 2 atom stereocenters. The summed E-state index contributed by atoms with van der Waals surface area (Å²) in [6.45, 7) is 5.30. The van der Waals surface area contributed by atoms with Gasteiger partial charge in [0.2, 0.25) is 5.91 Å². The maximum atomic E-state index is 13.2. The van der Waals surface area contributed by atoms with Crippen molar-refractivity contribution in [3.05, 3.63) is 60.0 Å². The molecular formula is C27H32N4O6S. The van der Waals surface area contributed by atoms with Crippen LogP contribution in [0.5, 0.6) is 0 Å². The molecule has 1 aromatic carbocycles. The average molecular weight is 541 g/mol. The van der Waals surface area contributed by atoms with Crippen LogP contribution in [-0.4, -0.2) is 60.5 Å². The van der Waals surface area contributed by atoms with Gasteiger partial charge in [0, 0.05) is 17.6 Å². The van der Waals surface area contributed by atoms with Gasteiger partial charge in [-0.25, -0.2) is 13.4 Å². The molecule has 0 unspecified atom stereocenters. The summed E-state index contributed by atoms with van der Waals surface area (Å²) in [5.74, 6) is -1.29. The lowest BCUT2D eigenvalue weighted by molar-refractivity contribution is -0.129. The number of aryl methyl sites for hydroxylation is 1. The van der Waals surface area contributed by atoms with Crippen LogP contribution in [-0.2, 0) is 19.6 Å². The number of carbonyl (C=O) groups excluding carboxylic acids is 3. The highest BCUT2D eigenvalue weighted by Gasteiger charge is 2.35. The van der Waals surface area contributed by atoms with Gasteiger partial charge in [-0.3, -0.25) is 14.4 Å². The van der Waals surface area contributed by atoms with E-state index in [0.717, 1.165) is 9.69 Å². The zero-order valence-corrected chi connectivity index (χ0v) is 22.5. The van der Waals surface area contributed by atoms with E-state index in [4.69, 9.17) is 4.42 Å². The summed E-state index contributed by atoms with van der Waals surface area (Å²) in [5, 5.41) is 6.14. The number of benzene rings is 1. The van der Waals surface area contributed by atoms with Crippen LogP contribution in [0.1, 0.15) is 49.4 Å². The number of fused-ring (bicyclic) bond motifs is 1. The molecule has 1 saturated heterocycles. The molecule has 0 aliphatic carbocycles. The van der Waals surface area contributed by atoms with Gasteiger partial charge in [-0.05, 0) is 56.4 Å². The Balaban J connectivity index is 1.44. The number of hydrogen-bond acceptors (Lipinski definition) is 7. The maximum Gasteiger partial charge on any atom is 0.287 e. The van der Waals surface area contributed by atoms with Gasteiger partial charge in [-0.1, -0.05) is 38.1 Å². The number of ketones is 1. The number of hydrogen-bond donors (Lipinski definition) is 2. The molecule has 0 saturated carbocycles. The Labute approximate surface area is 221 Å². The summed E-state index contributed by atoms with van der Waals surface area (Å²) < 4.78 is 32.9. The maximum absolute atomic E-state index is 13.2. The lowest BCUT2D eigenvalue weighted by Gasteiger charge is -2.23. The Morgan fingerprint density at radius 3 is 2.63 bits per heavy atom. The first kappa shape index (κ1) is 27.5. The molecule has 2 amide bonds. The number of aromatic nitrogens is 1. The Kier molecular flexibility index (Phi) is 8.27. The Hall–Kier alpha value is -3.57. The summed E-state index contributed by atoms with van der Waals surface area (Å²) in [7, 11) is -3.96. The molecule has 1 aliphatic rings. The van der Waals surface area contributed by atoms with Crippen LogP contribution in [0.25, 0.3) is 11.0 Å². The number of Topliss-reactive ketones (excluding diaryl/α,β-unsaturated/α-hetero) is 1. The van der Waals surface area contributed by atoms with E-state index in [1.165, 1.54) is 6.07 Å². The predicted molar refractivity (Wildman–Crippen MR) is 141 cm³/mol. The number of sulfonamides is 1. The minimum atomic E-state index is -3.96. The largest absolute Gasteiger partial charge is 0.451 e. The van der Waals surface area contributed by atoms with Crippen LogP contribution in [0.2, 0.25) is 0 Å². The lowest BCUT2D eigenvalue weighted by Crippen LogP contribution is -2.52. The second-order valence-corrected chi connectivity index (χ2v) is 11.8. The fourth-order valence-corrected chi connectivity index (χ4v) is 5.89. The van der Waals surface area contributed by atoms with E-state index in [2.05, 4.69) is 15.6 Å². The highest BCUT2D eigenvalue weighted by molar-refractivity contribution is 7.89. The van der Waals surface area contributed by atoms with E-state index in [-0.39, 0.29) is 36.2 Å². The molecule has 202 valence electrons. The van der Waals surface area contributed by atoms with Crippen molar-refractivity contribution in [2.24, 2.45) is 5.92 Å². The van der Waals surface area contributed by atoms with Crippen molar-refractivity contribution in [3.8, 4) is 0 Å². The Morgan fingerprint density at radius 2 is 1.92 bits per heavy atom. The summed E-state index contributed by atoms with van der Waals surface area (Å²) in [5.41, 5.74) is 1.12. The van der Waals surface area contributed by atoms with Gasteiger partial charge in [-0.15, -0.1) is 0 Å². The van der Waals surface area contributed by atoms with Crippen molar-refractivity contribution in [3.63, 3.8) is 0 Å². The minimum absolute atomic E-state index is 0.0778. The highest BCUT2D eigenvalue weighted by atomic mass is 32.2. The van der Waals surface area contributed by atoms with Crippen LogP contribution in [0.3, 0.4) is 0 Å². The summed E-state index contributed by atoms with van der Waals surface area (Å²) in [4.78, 5) is 43.3. The van der Waals surface area contributed by atoms with Gasteiger partial charge in [-0.2, -0.15) is 4.31 Å². The van der Waals surface area contributed by atoms with Gasteiger partial charge in [0.25, 0.3) is 15.9 Å². The molecule has 0 bridgehead atoms. The lowest BCUT2D eigenvalue weighted by atomic mass is 10.0. The second kappa shape index (κ2) is 11.4. The van der Waals surface area contributed by atoms with Gasteiger partial charge >= 0.3 is 0 Å². The number of carbonyl (C=O) groups is 3. The van der Waals surface area contributed by atoms with Gasteiger partial charge < -0.3 is 15.1 Å². The molecule has 10 nitrogen and oxygen atoms in total. The molecule has 3 aromatic rings. The molecule has 38 heavy (non-hydrogen) atoms. The Bertz CT molecular complexity index is 1420. The van der Waals surface area contributed by atoms with Crippen LogP contribution in [0.4, 0.5) is 0 Å². The first-order valence-corrected chi connectivity index (χ1v) is 14.0. The molecule has 0 radical (unpaired) electrons. The second-order valence-electron chi connectivity index (χ2n) is 9.93. The van der Waals surface area contributed by atoms with E-state index in [1.54, 1.807) is 37.3 Å². The predicted octanol–water partition coefficient (Wildman–Crippen LogP) is 2.82. The van der Waals surface area contributed by atoms with E-state index < -0.39 is 39.7 Å². The average Bonchev–Trinajstić information content (AvgIpc) is 3.22. The standard InChI is InChI=1S/C27H32N4O6S/c1-17(2)14-21(30-27(34)24-15-19-9-4-5-11-23(19)37-24)26(33)29-20-10-7-13-31(16-22(20)32)38(35,36)25-12-6-8-18(3)28-25/h4-6,8-9,11-12,15,17,20-21H,7,10,13-14,16H2,1-3H3,(H,29,33)(H,30,34)/t20-,21-/m1/s1. The third-order valence-electron chi connectivity index (χ3n) is 6.38. The van der Waals surface area contributed by atoms with Gasteiger partial charge in [0.15, 0.2) is 16.6 Å². The summed E-state index contributed by atoms with van der Waals surface area (Å²) >= 11 is 0. The molecule has 0 spiro atoms. The van der Waals surface area contributed by atoms with Gasteiger partial charge in [0.05, 0.1) is 12.6 Å². The van der Waals surface area contributed by atoms with Crippen molar-refractivity contribution in [1.82, 2.24) is 19.9 Å². The molecule has 11 heteroatoms. The zero-order chi connectivity index (χ0) is 27.4. The summed E-state index contributed by atoms with van der Waals surface area (Å²) in [6.07, 6.45) is 1.00. The molecular weight excluding hydrogens is 508 g/mol. The number of pyridine rings is 1. The monoisotopic (exact) mass is 540 g/mol. The van der Waals surface area contributed by atoms with Crippen molar-refractivity contribution >= 4 is 38.6 Å². The van der Waals surface area contributed by atoms with Crippen molar-refractivity contribution in [1.29, 1.82) is 0 Å². The van der Waals surface area contributed by atoms with Crippen LogP contribution in [0, 0.1) is 12.8 Å². The number of amides is 2. The molecule has 1 fully saturated rings. The van der Waals surface area contributed by atoms with E-state index in [9.17, 15) is 22.8 Å². The smallest absolute Gasteiger partial charge is 0.287 e. The number of rotatable bonds is 8. The van der Waals surface area contributed by atoms with Crippen molar-refractivity contribution in [2.45, 2.75) is 57.1 Å². The number of furan rings is 1. The van der Waals surface area contributed by atoms with Crippen molar-refractivity contribution in [2.75, 3.05) is 13.1 Å². The first-order chi connectivity index (χ1) is 18.0. The zero-order valence-electron chi connectivity index (χ0n) is 21.6. The first-order valence-electron chi connectivity index (χ1n) is 12.6. The molecule has 2 N–H and O–H groups in total. The number of nitrogens with zero attached hydrogens (tertiary/aromatic N) is 2. The quantitative estimate of drug-likeness (QED) is 0.448. The van der Waals surface area contributed by atoms with Crippen LogP contribution < -0.4 is 10.6 Å². The molecule has 4 rings (SSSR count). The van der Waals surface area contributed by atoms with Crippen LogP contribution >= 0.6 is 0 Å².